The zero-order chi connectivity index (χ0) is 24.8. The second-order valence-electron chi connectivity index (χ2n) is 8.29. The minimum atomic E-state index is -0.552. The van der Waals surface area contributed by atoms with Gasteiger partial charge in [-0.15, -0.1) is 0 Å². The number of halogens is 1. The molecule has 0 heterocycles. The number of hydrogen-bond donors (Lipinski definition) is 2. The summed E-state index contributed by atoms with van der Waals surface area (Å²) < 4.78 is 4.96. The maximum absolute atomic E-state index is 12.8. The van der Waals surface area contributed by atoms with Gasteiger partial charge < -0.3 is 20.3 Å². The second-order valence-corrected chi connectivity index (χ2v) is 8.69. The number of rotatable bonds is 8. The minimum absolute atomic E-state index is 0.167. The highest BCUT2D eigenvalue weighted by molar-refractivity contribution is 6.34. The summed E-state index contributed by atoms with van der Waals surface area (Å²) in [5.41, 5.74) is 5.15. The molecule has 1 unspecified atom stereocenters. The van der Waals surface area contributed by atoms with E-state index in [1.54, 1.807) is 12.1 Å². The molecule has 7 heteroatoms. The van der Waals surface area contributed by atoms with Gasteiger partial charge in [-0.05, 0) is 54.9 Å². The van der Waals surface area contributed by atoms with E-state index in [1.807, 2.05) is 74.6 Å². The van der Waals surface area contributed by atoms with E-state index in [1.165, 1.54) is 7.11 Å². The van der Waals surface area contributed by atoms with Crippen molar-refractivity contribution < 1.29 is 14.3 Å². The maximum Gasteiger partial charge on any atom is 0.339 e. The van der Waals surface area contributed by atoms with Crippen molar-refractivity contribution in [1.29, 1.82) is 0 Å². The van der Waals surface area contributed by atoms with Crippen LogP contribution in [0, 0.1) is 0 Å². The number of esters is 1. The van der Waals surface area contributed by atoms with Gasteiger partial charge in [0.1, 0.15) is 0 Å². The van der Waals surface area contributed by atoms with Gasteiger partial charge >= 0.3 is 5.97 Å². The predicted molar refractivity (Wildman–Crippen MR) is 139 cm³/mol. The highest BCUT2D eigenvalue weighted by Gasteiger charge is 2.19. The van der Waals surface area contributed by atoms with Gasteiger partial charge in [-0.1, -0.05) is 48.0 Å². The van der Waals surface area contributed by atoms with E-state index in [0.29, 0.717) is 16.3 Å². The third-order valence-corrected chi connectivity index (χ3v) is 6.07. The summed E-state index contributed by atoms with van der Waals surface area (Å²) >= 11 is 6.57. The lowest BCUT2D eigenvalue weighted by molar-refractivity contribution is -0.115. The Hall–Kier alpha value is -3.35. The molecule has 0 radical (unpaired) electrons. The van der Waals surface area contributed by atoms with Crippen molar-refractivity contribution >= 4 is 34.9 Å². The molecule has 1 amide bonds. The summed E-state index contributed by atoms with van der Waals surface area (Å²) in [6.45, 7) is 2.07. The molecule has 0 saturated heterocycles. The normalized spacial score (nSPS) is 11.6. The number of methoxy groups -OCH3 is 1. The zero-order valence-electron chi connectivity index (χ0n) is 20.1. The molecular weight excluding hydrogens is 450 g/mol. The number of carbonyl (C=O) groups is 2. The summed E-state index contributed by atoms with van der Waals surface area (Å²) in [6.07, 6.45) is 0.167. The molecule has 0 aliphatic carbocycles. The molecule has 0 bridgehead atoms. The number of nitrogens with one attached hydrogen (secondary N) is 2. The summed E-state index contributed by atoms with van der Waals surface area (Å²) in [5.74, 6) is -0.803. The summed E-state index contributed by atoms with van der Waals surface area (Å²) in [6, 6.07) is 19.2. The lowest BCUT2D eigenvalue weighted by atomic mass is 10.0. The number of hydrogen-bond acceptors (Lipinski definition) is 5. The Balaban J connectivity index is 1.85. The van der Waals surface area contributed by atoms with E-state index in [-0.39, 0.29) is 23.9 Å². The number of benzene rings is 3. The van der Waals surface area contributed by atoms with Gasteiger partial charge in [0, 0.05) is 31.4 Å². The third kappa shape index (κ3) is 5.95. The molecule has 0 aliphatic heterocycles. The van der Waals surface area contributed by atoms with Crippen LogP contribution in [0.25, 0.3) is 11.1 Å². The molecule has 34 heavy (non-hydrogen) atoms. The van der Waals surface area contributed by atoms with Crippen LogP contribution in [0.3, 0.4) is 0 Å². The van der Waals surface area contributed by atoms with Gasteiger partial charge in [-0.3, -0.25) is 4.79 Å². The van der Waals surface area contributed by atoms with E-state index in [9.17, 15) is 9.59 Å². The molecule has 3 aromatic rings. The van der Waals surface area contributed by atoms with E-state index < -0.39 is 5.97 Å². The van der Waals surface area contributed by atoms with Crippen molar-refractivity contribution in [1.82, 2.24) is 5.32 Å². The summed E-state index contributed by atoms with van der Waals surface area (Å²) in [5, 5.41) is 6.43. The standard InChI is InChI=1S/C27H30ClN3O3/c1-17(29-2)19-8-6-18(7-9-19)14-26(32)30-25-16-24(28)22(15-23(25)27(33)34-5)20-10-12-21(13-11-20)31(3)4/h6-13,15-17,29H,14H2,1-5H3,(H,30,32). The van der Waals surface area contributed by atoms with Crippen LogP contribution >= 0.6 is 11.6 Å². The van der Waals surface area contributed by atoms with Gasteiger partial charge in [0.15, 0.2) is 0 Å². The fourth-order valence-corrected chi connectivity index (χ4v) is 3.86. The maximum atomic E-state index is 12.8. The Kier molecular flexibility index (Phi) is 8.31. The van der Waals surface area contributed by atoms with Gasteiger partial charge in [0.2, 0.25) is 5.91 Å². The van der Waals surface area contributed by atoms with Crippen molar-refractivity contribution in [2.24, 2.45) is 0 Å². The lowest BCUT2D eigenvalue weighted by Crippen LogP contribution is -2.18. The smallest absolute Gasteiger partial charge is 0.339 e. The fraction of sp³-hybridized carbons (Fsp3) is 0.259. The monoisotopic (exact) mass is 479 g/mol. The minimum Gasteiger partial charge on any atom is -0.465 e. The first-order valence-corrected chi connectivity index (χ1v) is 11.4. The first kappa shape index (κ1) is 25.3. The second kappa shape index (κ2) is 11.2. The SMILES string of the molecule is CNC(C)c1ccc(CC(=O)Nc2cc(Cl)c(-c3ccc(N(C)C)cc3)cc2C(=O)OC)cc1. The molecule has 3 rings (SSSR count). The van der Waals surface area contributed by atoms with Crippen molar-refractivity contribution in [2.75, 3.05) is 38.5 Å². The van der Waals surface area contributed by atoms with Crippen LogP contribution in [-0.4, -0.2) is 40.1 Å². The molecule has 6 nitrogen and oxygen atoms in total. The first-order chi connectivity index (χ1) is 16.2. The molecule has 1 atom stereocenters. The Morgan fingerprint density at radius 1 is 1.03 bits per heavy atom. The lowest BCUT2D eigenvalue weighted by Gasteiger charge is -2.16. The molecule has 0 spiro atoms. The number of ether oxygens (including phenoxy) is 1. The van der Waals surface area contributed by atoms with E-state index >= 15 is 0 Å². The molecule has 2 N–H and O–H groups in total. The third-order valence-electron chi connectivity index (χ3n) is 5.76. The molecular formula is C27H30ClN3O3. The fourth-order valence-electron chi connectivity index (χ4n) is 3.59. The van der Waals surface area contributed by atoms with Crippen LogP contribution in [0.1, 0.15) is 34.5 Å². The first-order valence-electron chi connectivity index (χ1n) is 11.0. The van der Waals surface area contributed by atoms with Crippen LogP contribution in [0.4, 0.5) is 11.4 Å². The molecule has 0 saturated carbocycles. The van der Waals surface area contributed by atoms with Gasteiger partial charge in [-0.25, -0.2) is 4.79 Å². The number of carbonyl (C=O) groups excluding carboxylic acids is 2. The highest BCUT2D eigenvalue weighted by atomic mass is 35.5. The van der Waals surface area contributed by atoms with Crippen LogP contribution in [0.5, 0.6) is 0 Å². The Labute approximate surface area is 205 Å². The summed E-state index contributed by atoms with van der Waals surface area (Å²) in [4.78, 5) is 27.3. The van der Waals surface area contributed by atoms with Crippen LogP contribution in [0.15, 0.2) is 60.7 Å². The van der Waals surface area contributed by atoms with Crippen molar-refractivity contribution in [3.05, 3.63) is 82.4 Å². The molecule has 0 aliphatic rings. The van der Waals surface area contributed by atoms with Crippen molar-refractivity contribution in [2.45, 2.75) is 19.4 Å². The van der Waals surface area contributed by atoms with Crippen LogP contribution in [0.2, 0.25) is 5.02 Å². The topological polar surface area (TPSA) is 70.7 Å². The predicted octanol–water partition coefficient (Wildman–Crippen LogP) is 5.32. The van der Waals surface area contributed by atoms with Gasteiger partial charge in [-0.2, -0.15) is 0 Å². The molecule has 0 fully saturated rings. The number of amides is 1. The highest BCUT2D eigenvalue weighted by Crippen LogP contribution is 2.34. The molecule has 3 aromatic carbocycles. The Morgan fingerprint density at radius 3 is 2.24 bits per heavy atom. The number of anilines is 2. The summed E-state index contributed by atoms with van der Waals surface area (Å²) in [7, 11) is 7.14. The quantitative estimate of drug-likeness (QED) is 0.428. The zero-order valence-corrected chi connectivity index (χ0v) is 20.9. The van der Waals surface area contributed by atoms with Crippen molar-refractivity contribution in [3.63, 3.8) is 0 Å². The largest absolute Gasteiger partial charge is 0.465 e. The average molecular weight is 480 g/mol. The average Bonchev–Trinajstić information content (AvgIpc) is 2.83. The van der Waals surface area contributed by atoms with E-state index in [4.69, 9.17) is 16.3 Å². The van der Waals surface area contributed by atoms with Crippen LogP contribution in [-0.2, 0) is 16.0 Å². The number of nitrogens with zero attached hydrogens (tertiary/aromatic N) is 1. The molecule has 178 valence electrons. The van der Waals surface area contributed by atoms with Crippen LogP contribution < -0.4 is 15.5 Å². The Morgan fingerprint density at radius 2 is 1.68 bits per heavy atom. The van der Waals surface area contributed by atoms with Crippen molar-refractivity contribution in [3.8, 4) is 11.1 Å². The van der Waals surface area contributed by atoms with Gasteiger partial charge in [0.25, 0.3) is 0 Å². The molecule has 0 aromatic heterocycles. The van der Waals surface area contributed by atoms with E-state index in [2.05, 4.69) is 17.6 Å². The van der Waals surface area contributed by atoms with E-state index in [0.717, 1.165) is 22.4 Å². The van der Waals surface area contributed by atoms with Gasteiger partial charge in [0.05, 0.1) is 29.8 Å². The Bertz CT molecular complexity index is 1160.